The van der Waals surface area contributed by atoms with Gasteiger partial charge in [-0.1, -0.05) is 44.2 Å². The van der Waals surface area contributed by atoms with Crippen LogP contribution in [0.4, 0.5) is 0 Å². The first-order valence-corrected chi connectivity index (χ1v) is 9.78. The summed E-state index contributed by atoms with van der Waals surface area (Å²) in [4.78, 5) is 0. The molecule has 0 saturated heterocycles. The van der Waals surface area contributed by atoms with Crippen molar-refractivity contribution in [3.05, 3.63) is 35.9 Å². The largest absolute Gasteiger partial charge is 0.383 e. The topological polar surface area (TPSA) is 56.8 Å². The first-order valence-electron chi connectivity index (χ1n) is 8.17. The van der Waals surface area contributed by atoms with E-state index in [2.05, 4.69) is 5.32 Å². The molecule has 1 aromatic carbocycles. The number of rotatable bonds is 11. The molecule has 0 heterocycles. The zero-order valence-corrected chi connectivity index (χ0v) is 15.7. The molecule has 0 radical (unpaired) electrons. The molecule has 0 saturated carbocycles. The second kappa shape index (κ2) is 10.2. The zero-order chi connectivity index (χ0) is 17.3. The highest BCUT2D eigenvalue weighted by Crippen LogP contribution is 2.54. The van der Waals surface area contributed by atoms with Gasteiger partial charge in [0.25, 0.3) is 0 Å². The average molecular weight is 343 g/mol. The van der Waals surface area contributed by atoms with E-state index in [4.69, 9.17) is 13.8 Å². The Kier molecular flexibility index (Phi) is 9.03. The Balaban J connectivity index is 3.05. The van der Waals surface area contributed by atoms with E-state index in [1.54, 1.807) is 7.11 Å². The maximum Gasteiger partial charge on any atom is 0.347 e. The molecule has 0 fully saturated rings. The predicted molar refractivity (Wildman–Crippen MR) is 93.7 cm³/mol. The molecule has 0 aliphatic rings. The molecule has 0 amide bonds. The van der Waals surface area contributed by atoms with Crippen molar-refractivity contribution in [2.24, 2.45) is 5.92 Å². The Hall–Kier alpha value is -0.710. The van der Waals surface area contributed by atoms with Gasteiger partial charge in [-0.25, -0.2) is 0 Å². The summed E-state index contributed by atoms with van der Waals surface area (Å²) in [5.41, 5.74) is 1.08. The Morgan fingerprint density at radius 3 is 2.09 bits per heavy atom. The summed E-state index contributed by atoms with van der Waals surface area (Å²) in [6, 6.07) is 9.91. The Morgan fingerprint density at radius 1 is 1.09 bits per heavy atom. The summed E-state index contributed by atoms with van der Waals surface area (Å²) in [6.45, 7) is 8.85. The van der Waals surface area contributed by atoms with E-state index < -0.39 is 13.4 Å². The van der Waals surface area contributed by atoms with Gasteiger partial charge in [-0.05, 0) is 25.3 Å². The molecule has 1 aromatic rings. The molecule has 6 heteroatoms. The van der Waals surface area contributed by atoms with Gasteiger partial charge in [0.2, 0.25) is 0 Å². The van der Waals surface area contributed by atoms with Gasteiger partial charge in [0.1, 0.15) is 5.78 Å². The van der Waals surface area contributed by atoms with Crippen LogP contribution in [-0.4, -0.2) is 32.7 Å². The molecule has 0 aliphatic carbocycles. The minimum Gasteiger partial charge on any atom is -0.383 e. The van der Waals surface area contributed by atoms with Gasteiger partial charge in [0, 0.05) is 7.11 Å². The van der Waals surface area contributed by atoms with E-state index in [-0.39, 0.29) is 12.0 Å². The number of ether oxygens (including phenoxy) is 1. The second-order valence-electron chi connectivity index (χ2n) is 5.65. The highest BCUT2D eigenvalue weighted by atomic mass is 31.2. The van der Waals surface area contributed by atoms with E-state index in [1.165, 1.54) is 0 Å². The average Bonchev–Trinajstić information content (AvgIpc) is 2.52. The SMILES string of the molecule is CCOP(=O)(OCC)[C@@H](N[C@@H](COC)c1ccccc1)C(C)C. The van der Waals surface area contributed by atoms with Crippen LogP contribution >= 0.6 is 7.60 Å². The summed E-state index contributed by atoms with van der Waals surface area (Å²) < 4.78 is 29.6. The molecule has 0 spiro atoms. The normalized spacial score (nSPS) is 14.9. The maximum atomic E-state index is 13.2. The molecule has 1 rings (SSSR count). The Labute approximate surface area is 140 Å². The number of benzene rings is 1. The maximum absolute atomic E-state index is 13.2. The smallest absolute Gasteiger partial charge is 0.347 e. The molecule has 132 valence electrons. The molecule has 1 N–H and O–H groups in total. The lowest BCUT2D eigenvalue weighted by Crippen LogP contribution is -2.39. The van der Waals surface area contributed by atoms with Crippen molar-refractivity contribution >= 4 is 7.60 Å². The highest BCUT2D eigenvalue weighted by Gasteiger charge is 2.39. The van der Waals surface area contributed by atoms with Crippen molar-refractivity contribution in [1.82, 2.24) is 5.32 Å². The van der Waals surface area contributed by atoms with Gasteiger partial charge in [-0.15, -0.1) is 0 Å². The third-order valence-corrected chi connectivity index (χ3v) is 6.16. The molecule has 0 aliphatic heterocycles. The third kappa shape index (κ3) is 6.02. The lowest BCUT2D eigenvalue weighted by atomic mass is 10.1. The van der Waals surface area contributed by atoms with Gasteiger partial charge in [-0.2, -0.15) is 0 Å². The van der Waals surface area contributed by atoms with Crippen LogP contribution in [0.2, 0.25) is 0 Å². The standard InChI is InChI=1S/C17H30NO4P/c1-6-21-23(19,22-7-2)17(14(3)4)18-16(13-20-5)15-11-9-8-10-12-15/h8-12,14,16-18H,6-7,13H2,1-5H3/t16-,17+/m0/s1. The van der Waals surface area contributed by atoms with Gasteiger partial charge in [0.05, 0.1) is 25.9 Å². The fourth-order valence-electron chi connectivity index (χ4n) is 2.51. The number of nitrogens with one attached hydrogen (secondary N) is 1. The molecule has 0 aromatic heterocycles. The molecular formula is C17H30NO4P. The molecule has 5 nitrogen and oxygen atoms in total. The van der Waals surface area contributed by atoms with Crippen molar-refractivity contribution in [1.29, 1.82) is 0 Å². The van der Waals surface area contributed by atoms with Gasteiger partial charge >= 0.3 is 7.60 Å². The number of methoxy groups -OCH3 is 1. The minimum atomic E-state index is -3.25. The molecule has 23 heavy (non-hydrogen) atoms. The van der Waals surface area contributed by atoms with E-state index in [1.807, 2.05) is 58.0 Å². The van der Waals surface area contributed by atoms with Crippen LogP contribution < -0.4 is 5.32 Å². The fourth-order valence-corrected chi connectivity index (χ4v) is 4.71. The minimum absolute atomic E-state index is 0.0807. The van der Waals surface area contributed by atoms with Crippen LogP contribution in [0.3, 0.4) is 0 Å². The Bertz CT molecular complexity index is 471. The van der Waals surface area contributed by atoms with Crippen molar-refractivity contribution in [2.75, 3.05) is 26.9 Å². The van der Waals surface area contributed by atoms with E-state index in [0.29, 0.717) is 19.8 Å². The number of hydrogen-bond acceptors (Lipinski definition) is 5. The monoisotopic (exact) mass is 343 g/mol. The fraction of sp³-hybridized carbons (Fsp3) is 0.647. The van der Waals surface area contributed by atoms with Crippen molar-refractivity contribution in [3.63, 3.8) is 0 Å². The quantitative estimate of drug-likeness (QED) is 0.610. The first-order chi connectivity index (χ1) is 11.0. The third-order valence-electron chi connectivity index (χ3n) is 3.50. The van der Waals surface area contributed by atoms with Crippen LogP contribution in [0.5, 0.6) is 0 Å². The van der Waals surface area contributed by atoms with E-state index >= 15 is 0 Å². The van der Waals surface area contributed by atoms with Gasteiger partial charge in [-0.3, -0.25) is 9.88 Å². The second-order valence-corrected chi connectivity index (χ2v) is 7.80. The Morgan fingerprint density at radius 2 is 1.65 bits per heavy atom. The van der Waals surface area contributed by atoms with Crippen LogP contribution in [0.25, 0.3) is 0 Å². The first kappa shape index (κ1) is 20.3. The van der Waals surface area contributed by atoms with Crippen molar-refractivity contribution in [2.45, 2.75) is 39.5 Å². The molecule has 0 unspecified atom stereocenters. The van der Waals surface area contributed by atoms with Crippen molar-refractivity contribution in [3.8, 4) is 0 Å². The lowest BCUT2D eigenvalue weighted by Gasteiger charge is -2.33. The van der Waals surface area contributed by atoms with Crippen LogP contribution in [0.1, 0.15) is 39.3 Å². The van der Waals surface area contributed by atoms with Crippen LogP contribution in [-0.2, 0) is 18.3 Å². The van der Waals surface area contributed by atoms with Crippen LogP contribution in [0, 0.1) is 5.92 Å². The number of hydrogen-bond donors (Lipinski definition) is 1. The van der Waals surface area contributed by atoms with E-state index in [0.717, 1.165) is 5.56 Å². The molecule has 2 atom stereocenters. The van der Waals surface area contributed by atoms with Gasteiger partial charge < -0.3 is 13.8 Å². The summed E-state index contributed by atoms with van der Waals surface area (Å²) in [5, 5.41) is 3.44. The van der Waals surface area contributed by atoms with Gasteiger partial charge in [0.15, 0.2) is 0 Å². The highest BCUT2D eigenvalue weighted by molar-refractivity contribution is 7.54. The molecular weight excluding hydrogens is 313 g/mol. The summed E-state index contributed by atoms with van der Waals surface area (Å²) in [6.07, 6.45) is 0. The van der Waals surface area contributed by atoms with Crippen molar-refractivity contribution < 1.29 is 18.3 Å². The predicted octanol–water partition coefficient (Wildman–Crippen LogP) is 4.21. The molecule has 0 bridgehead atoms. The van der Waals surface area contributed by atoms with E-state index in [9.17, 15) is 4.57 Å². The summed E-state index contributed by atoms with van der Waals surface area (Å²) >= 11 is 0. The zero-order valence-electron chi connectivity index (χ0n) is 14.8. The summed E-state index contributed by atoms with van der Waals surface area (Å²) in [5.74, 6) is -0.315. The summed E-state index contributed by atoms with van der Waals surface area (Å²) in [7, 11) is -1.59. The van der Waals surface area contributed by atoms with Crippen LogP contribution in [0.15, 0.2) is 30.3 Å². The lowest BCUT2D eigenvalue weighted by molar-refractivity contribution is 0.152.